The minimum Gasteiger partial charge on any atom is -0.466 e. The number of esters is 2. The third-order valence-electron chi connectivity index (χ3n) is 2.93. The number of unbranched alkanes of at least 4 members (excludes halogenated alkanes) is 1. The number of morpholine rings is 1. The number of quaternary nitrogens is 1. The van der Waals surface area contributed by atoms with E-state index >= 15 is 0 Å². The first kappa shape index (κ1) is 15.7. The molecular weight excluding hydrogens is 250 g/mol. The Kier molecular flexibility index (Phi) is 7.84. The van der Waals surface area contributed by atoms with E-state index in [1.807, 2.05) is 0 Å². The highest BCUT2D eigenvalue weighted by atomic mass is 16.5. The molecule has 1 aliphatic heterocycles. The predicted octanol–water partition coefficient (Wildman–Crippen LogP) is -1.05. The number of rotatable bonds is 7. The lowest BCUT2D eigenvalue weighted by molar-refractivity contribution is -0.908. The van der Waals surface area contributed by atoms with Gasteiger partial charge in [-0.2, -0.15) is 0 Å². The molecule has 1 saturated heterocycles. The highest BCUT2D eigenvalue weighted by Gasteiger charge is 2.12. The van der Waals surface area contributed by atoms with Crippen molar-refractivity contribution in [3.63, 3.8) is 0 Å². The molecule has 1 heterocycles. The van der Waals surface area contributed by atoms with Gasteiger partial charge in [0.05, 0.1) is 33.5 Å². The average Bonchev–Trinajstić information content (AvgIpc) is 2.45. The van der Waals surface area contributed by atoms with Crippen LogP contribution < -0.4 is 4.90 Å². The van der Waals surface area contributed by atoms with Crippen LogP contribution in [0.25, 0.3) is 0 Å². The third kappa shape index (κ3) is 7.58. The average molecular weight is 272 g/mol. The maximum absolute atomic E-state index is 11.2. The van der Waals surface area contributed by atoms with Crippen molar-refractivity contribution in [2.75, 3.05) is 46.6 Å². The second kappa shape index (κ2) is 9.52. The molecule has 0 aromatic heterocycles. The van der Waals surface area contributed by atoms with E-state index in [1.54, 1.807) is 4.90 Å². The lowest BCUT2D eigenvalue weighted by Crippen LogP contribution is -3.14. The van der Waals surface area contributed by atoms with E-state index in [2.05, 4.69) is 4.74 Å². The SMILES string of the molecule is COC(=O)/C=C/C(=O)OCCCC[NH+]1CCOCC1. The van der Waals surface area contributed by atoms with Gasteiger partial charge >= 0.3 is 11.9 Å². The van der Waals surface area contributed by atoms with E-state index < -0.39 is 11.9 Å². The molecule has 6 nitrogen and oxygen atoms in total. The number of methoxy groups -OCH3 is 1. The van der Waals surface area contributed by atoms with Crippen LogP contribution in [0.15, 0.2) is 12.2 Å². The van der Waals surface area contributed by atoms with Crippen molar-refractivity contribution in [2.24, 2.45) is 0 Å². The van der Waals surface area contributed by atoms with Crippen molar-refractivity contribution in [1.29, 1.82) is 0 Å². The quantitative estimate of drug-likeness (QED) is 0.364. The van der Waals surface area contributed by atoms with Crippen LogP contribution in [0.2, 0.25) is 0 Å². The molecule has 0 radical (unpaired) electrons. The standard InChI is InChI=1S/C13H21NO5/c1-17-12(15)4-5-13(16)19-9-3-2-6-14-7-10-18-11-8-14/h4-5H,2-3,6-11H2,1H3/p+1/b5-4+. The molecule has 0 aliphatic carbocycles. The Labute approximate surface area is 113 Å². The number of hydrogen-bond acceptors (Lipinski definition) is 5. The Bertz CT molecular complexity index is 310. The fraction of sp³-hybridized carbons (Fsp3) is 0.692. The Morgan fingerprint density at radius 3 is 2.53 bits per heavy atom. The van der Waals surface area contributed by atoms with Crippen molar-refractivity contribution >= 4 is 11.9 Å². The second-order valence-electron chi connectivity index (χ2n) is 4.34. The molecule has 108 valence electrons. The van der Waals surface area contributed by atoms with E-state index in [0.717, 1.165) is 57.8 Å². The van der Waals surface area contributed by atoms with Crippen LogP contribution in [0.5, 0.6) is 0 Å². The summed E-state index contributed by atoms with van der Waals surface area (Å²) in [5.41, 5.74) is 0. The first-order chi connectivity index (χ1) is 9.22. The zero-order valence-electron chi connectivity index (χ0n) is 11.4. The molecule has 0 aromatic carbocycles. The molecule has 0 amide bonds. The van der Waals surface area contributed by atoms with Gasteiger partial charge in [0.25, 0.3) is 0 Å². The van der Waals surface area contributed by atoms with E-state index in [9.17, 15) is 9.59 Å². The van der Waals surface area contributed by atoms with Gasteiger partial charge in [0.15, 0.2) is 0 Å². The summed E-state index contributed by atoms with van der Waals surface area (Å²) in [5, 5.41) is 0. The van der Waals surface area contributed by atoms with Crippen LogP contribution in [0.3, 0.4) is 0 Å². The van der Waals surface area contributed by atoms with E-state index in [-0.39, 0.29) is 0 Å². The molecule has 0 saturated carbocycles. The first-order valence-corrected chi connectivity index (χ1v) is 6.56. The number of ether oxygens (including phenoxy) is 3. The van der Waals surface area contributed by atoms with E-state index in [0.29, 0.717) is 6.61 Å². The fourth-order valence-corrected chi connectivity index (χ4v) is 1.81. The molecule has 1 aliphatic rings. The molecule has 19 heavy (non-hydrogen) atoms. The maximum atomic E-state index is 11.2. The van der Waals surface area contributed by atoms with Gasteiger partial charge in [-0.05, 0) is 12.8 Å². The summed E-state index contributed by atoms with van der Waals surface area (Å²) in [7, 11) is 1.26. The summed E-state index contributed by atoms with van der Waals surface area (Å²) in [6, 6.07) is 0. The fourth-order valence-electron chi connectivity index (χ4n) is 1.81. The molecule has 1 N–H and O–H groups in total. The van der Waals surface area contributed by atoms with Crippen LogP contribution in [-0.4, -0.2) is 58.5 Å². The zero-order chi connectivity index (χ0) is 13.9. The van der Waals surface area contributed by atoms with E-state index in [4.69, 9.17) is 9.47 Å². The van der Waals surface area contributed by atoms with Crippen LogP contribution in [0, 0.1) is 0 Å². The lowest BCUT2D eigenvalue weighted by atomic mass is 10.3. The first-order valence-electron chi connectivity index (χ1n) is 6.56. The van der Waals surface area contributed by atoms with Gasteiger partial charge in [0, 0.05) is 12.2 Å². The number of carbonyl (C=O) groups excluding carboxylic acids is 2. The van der Waals surface area contributed by atoms with Gasteiger partial charge in [-0.25, -0.2) is 9.59 Å². The molecule has 0 unspecified atom stereocenters. The van der Waals surface area contributed by atoms with Crippen molar-refractivity contribution < 1.29 is 28.7 Å². The third-order valence-corrected chi connectivity index (χ3v) is 2.93. The molecular formula is C13H22NO5+. The Balaban J connectivity index is 1.99. The summed E-state index contributed by atoms with van der Waals surface area (Å²) in [5.74, 6) is -1.07. The van der Waals surface area contributed by atoms with Crippen LogP contribution in [0.4, 0.5) is 0 Å². The number of nitrogens with one attached hydrogen (secondary N) is 1. The van der Waals surface area contributed by atoms with Gasteiger partial charge in [-0.15, -0.1) is 0 Å². The Morgan fingerprint density at radius 1 is 1.16 bits per heavy atom. The largest absolute Gasteiger partial charge is 0.466 e. The van der Waals surface area contributed by atoms with Gasteiger partial charge < -0.3 is 19.1 Å². The Hall–Kier alpha value is -1.40. The smallest absolute Gasteiger partial charge is 0.331 e. The van der Waals surface area contributed by atoms with Crippen LogP contribution >= 0.6 is 0 Å². The predicted molar refractivity (Wildman–Crippen MR) is 67.7 cm³/mol. The summed E-state index contributed by atoms with van der Waals surface area (Å²) in [6.07, 6.45) is 3.99. The zero-order valence-corrected chi connectivity index (χ0v) is 11.4. The number of hydrogen-bond donors (Lipinski definition) is 1. The van der Waals surface area contributed by atoms with Crippen molar-refractivity contribution in [3.8, 4) is 0 Å². The van der Waals surface area contributed by atoms with Crippen LogP contribution in [0.1, 0.15) is 12.8 Å². The van der Waals surface area contributed by atoms with Crippen LogP contribution in [-0.2, 0) is 23.8 Å². The minimum atomic E-state index is -0.562. The summed E-state index contributed by atoms with van der Waals surface area (Å²) in [6.45, 7) is 5.25. The molecule has 0 bridgehead atoms. The van der Waals surface area contributed by atoms with Gasteiger partial charge in [0.1, 0.15) is 13.1 Å². The monoisotopic (exact) mass is 272 g/mol. The van der Waals surface area contributed by atoms with Gasteiger partial charge in [-0.1, -0.05) is 0 Å². The summed E-state index contributed by atoms with van der Waals surface area (Å²) >= 11 is 0. The van der Waals surface area contributed by atoms with Crippen molar-refractivity contribution in [3.05, 3.63) is 12.2 Å². The summed E-state index contributed by atoms with van der Waals surface area (Å²) in [4.78, 5) is 23.5. The molecule has 6 heteroatoms. The summed E-state index contributed by atoms with van der Waals surface area (Å²) < 4.78 is 14.6. The molecule has 0 atom stereocenters. The van der Waals surface area contributed by atoms with Crippen molar-refractivity contribution in [1.82, 2.24) is 0 Å². The maximum Gasteiger partial charge on any atom is 0.331 e. The highest BCUT2D eigenvalue weighted by molar-refractivity contribution is 5.91. The van der Waals surface area contributed by atoms with Gasteiger partial charge in [-0.3, -0.25) is 0 Å². The molecule has 0 aromatic rings. The second-order valence-corrected chi connectivity index (χ2v) is 4.34. The highest BCUT2D eigenvalue weighted by Crippen LogP contribution is 1.90. The number of carbonyl (C=O) groups is 2. The molecule has 0 spiro atoms. The lowest BCUT2D eigenvalue weighted by Gasteiger charge is -2.23. The van der Waals surface area contributed by atoms with Crippen molar-refractivity contribution in [2.45, 2.75) is 12.8 Å². The van der Waals surface area contributed by atoms with Gasteiger partial charge in [0.2, 0.25) is 0 Å². The molecule has 1 rings (SSSR count). The topological polar surface area (TPSA) is 66.3 Å². The van der Waals surface area contributed by atoms with E-state index in [1.165, 1.54) is 7.11 Å². The Morgan fingerprint density at radius 2 is 1.84 bits per heavy atom. The molecule has 1 fully saturated rings. The minimum absolute atomic E-state index is 0.383. The normalized spacial score (nSPS) is 16.5.